The highest BCUT2D eigenvalue weighted by Crippen LogP contribution is 2.12. The van der Waals surface area contributed by atoms with E-state index >= 15 is 0 Å². The topological polar surface area (TPSA) is 105 Å². The van der Waals surface area contributed by atoms with Crippen LogP contribution in [0.15, 0.2) is 0 Å². The van der Waals surface area contributed by atoms with Crippen LogP contribution >= 0.6 is 0 Å². The maximum absolute atomic E-state index is 11.2. The van der Waals surface area contributed by atoms with E-state index in [0.29, 0.717) is 19.6 Å². The quantitative estimate of drug-likeness (QED) is 0.186. The van der Waals surface area contributed by atoms with Gasteiger partial charge in [0.1, 0.15) is 6.04 Å². The molecule has 0 aromatic heterocycles. The molecule has 0 aliphatic heterocycles. The summed E-state index contributed by atoms with van der Waals surface area (Å²) >= 11 is 0. The van der Waals surface area contributed by atoms with Gasteiger partial charge in [-0.3, -0.25) is 4.79 Å². The summed E-state index contributed by atoms with van der Waals surface area (Å²) in [6.45, 7) is 3.97. The summed E-state index contributed by atoms with van der Waals surface area (Å²) in [7, 11) is 0. The van der Waals surface area contributed by atoms with Gasteiger partial charge in [-0.1, -0.05) is 84.0 Å². The van der Waals surface area contributed by atoms with E-state index in [1.807, 2.05) is 0 Å². The summed E-state index contributed by atoms with van der Waals surface area (Å²) in [6, 6.07) is -0.632. The van der Waals surface area contributed by atoms with Crippen LogP contribution in [0.3, 0.4) is 0 Å². The van der Waals surface area contributed by atoms with Crippen molar-refractivity contribution in [3.05, 3.63) is 0 Å². The molecule has 0 spiro atoms. The number of unbranched alkanes of at least 4 members (excludes halogenated alkanes) is 12. The minimum Gasteiger partial charge on any atom is -0.480 e. The van der Waals surface area contributed by atoms with Crippen molar-refractivity contribution < 1.29 is 19.7 Å². The minimum atomic E-state index is -0.883. The molecule has 0 fully saturated rings. The first kappa shape index (κ1) is 28.3. The zero-order valence-electron chi connectivity index (χ0n) is 18.9. The lowest BCUT2D eigenvalue weighted by Gasteiger charge is -2.17. The summed E-state index contributed by atoms with van der Waals surface area (Å²) in [5.74, 6) is -0.883. The fraction of sp³-hybridized carbons (Fsp3) is 0.957. The van der Waals surface area contributed by atoms with Gasteiger partial charge in [0, 0.05) is 13.2 Å². The van der Waals surface area contributed by atoms with Crippen molar-refractivity contribution in [2.24, 2.45) is 5.73 Å². The van der Waals surface area contributed by atoms with Crippen molar-refractivity contribution in [1.29, 1.82) is 0 Å². The molecule has 2 atom stereocenters. The number of nitrogens with two attached hydrogens (primary N) is 1. The van der Waals surface area contributed by atoms with Crippen LogP contribution in [-0.2, 0) is 9.53 Å². The average molecular weight is 417 g/mol. The molecule has 0 rings (SSSR count). The highest BCUT2D eigenvalue weighted by molar-refractivity contribution is 5.73. The van der Waals surface area contributed by atoms with E-state index in [9.17, 15) is 15.0 Å². The fourth-order valence-corrected chi connectivity index (χ4v) is 3.41. The normalized spacial score (nSPS) is 13.5. The van der Waals surface area contributed by atoms with Crippen LogP contribution in [0.5, 0.6) is 0 Å². The van der Waals surface area contributed by atoms with Crippen LogP contribution < -0.4 is 11.1 Å². The van der Waals surface area contributed by atoms with Crippen LogP contribution in [0.2, 0.25) is 0 Å². The predicted molar refractivity (Wildman–Crippen MR) is 120 cm³/mol. The molecule has 2 unspecified atom stereocenters. The van der Waals surface area contributed by atoms with Crippen LogP contribution in [0.1, 0.15) is 103 Å². The number of carboxylic acids is 1. The van der Waals surface area contributed by atoms with Gasteiger partial charge >= 0.3 is 5.97 Å². The molecule has 0 aliphatic carbocycles. The summed E-state index contributed by atoms with van der Waals surface area (Å²) < 4.78 is 5.52. The molecule has 174 valence electrons. The smallest absolute Gasteiger partial charge is 0.320 e. The first-order chi connectivity index (χ1) is 14.1. The molecule has 6 heteroatoms. The van der Waals surface area contributed by atoms with Crippen LogP contribution in [0.25, 0.3) is 0 Å². The lowest BCUT2D eigenvalue weighted by atomic mass is 10.1. The Morgan fingerprint density at radius 3 is 1.97 bits per heavy atom. The maximum atomic E-state index is 11.2. The van der Waals surface area contributed by atoms with Crippen molar-refractivity contribution in [2.75, 3.05) is 26.3 Å². The van der Waals surface area contributed by atoms with E-state index < -0.39 is 18.1 Å². The van der Waals surface area contributed by atoms with Crippen molar-refractivity contribution in [1.82, 2.24) is 5.32 Å². The Bertz CT molecular complexity index is 356. The SMILES string of the molecule is CCCCCCCCCCCCCCOCC(O)CNC(CCCCN)C(=O)O. The number of carbonyl (C=O) groups is 1. The third-order valence-electron chi connectivity index (χ3n) is 5.30. The molecule has 0 aromatic rings. The number of aliphatic hydroxyl groups is 1. The molecule has 0 saturated heterocycles. The van der Waals surface area contributed by atoms with Crippen molar-refractivity contribution in [3.8, 4) is 0 Å². The third-order valence-corrected chi connectivity index (χ3v) is 5.30. The van der Waals surface area contributed by atoms with E-state index in [2.05, 4.69) is 12.2 Å². The number of ether oxygens (including phenoxy) is 1. The number of hydrogen-bond acceptors (Lipinski definition) is 5. The number of aliphatic hydroxyl groups excluding tert-OH is 1. The molecular formula is C23H48N2O4. The molecule has 29 heavy (non-hydrogen) atoms. The highest BCUT2D eigenvalue weighted by atomic mass is 16.5. The average Bonchev–Trinajstić information content (AvgIpc) is 2.70. The number of hydrogen-bond donors (Lipinski definition) is 4. The summed E-state index contributed by atoms with van der Waals surface area (Å²) in [5.41, 5.74) is 5.43. The van der Waals surface area contributed by atoms with Crippen LogP contribution in [0, 0.1) is 0 Å². The minimum absolute atomic E-state index is 0.234. The molecule has 0 heterocycles. The van der Waals surface area contributed by atoms with Gasteiger partial charge in [-0.15, -0.1) is 0 Å². The van der Waals surface area contributed by atoms with E-state index in [1.54, 1.807) is 0 Å². The molecule has 5 N–H and O–H groups in total. The second-order valence-corrected chi connectivity index (χ2v) is 8.20. The van der Waals surface area contributed by atoms with E-state index in [1.165, 1.54) is 70.6 Å². The second-order valence-electron chi connectivity index (χ2n) is 8.20. The van der Waals surface area contributed by atoms with Crippen molar-refractivity contribution in [2.45, 2.75) is 115 Å². The Balaban J connectivity index is 3.42. The zero-order chi connectivity index (χ0) is 21.6. The van der Waals surface area contributed by atoms with Crippen LogP contribution in [0.4, 0.5) is 0 Å². The largest absolute Gasteiger partial charge is 0.480 e. The van der Waals surface area contributed by atoms with Crippen molar-refractivity contribution >= 4 is 5.97 Å². The van der Waals surface area contributed by atoms with Gasteiger partial charge < -0.3 is 26.0 Å². The van der Waals surface area contributed by atoms with E-state index in [4.69, 9.17) is 10.5 Å². The summed E-state index contributed by atoms with van der Waals surface area (Å²) in [4.78, 5) is 11.2. The van der Waals surface area contributed by atoms with Gasteiger partial charge in [-0.25, -0.2) is 0 Å². The molecule has 0 aromatic carbocycles. The number of rotatable bonds is 23. The third kappa shape index (κ3) is 20.4. The molecule has 0 radical (unpaired) electrons. The first-order valence-corrected chi connectivity index (χ1v) is 12.0. The second kappa shape index (κ2) is 22.0. The lowest BCUT2D eigenvalue weighted by Crippen LogP contribution is -2.42. The number of carboxylic acid groups (broad SMARTS) is 1. The van der Waals surface area contributed by atoms with Gasteiger partial charge in [0.15, 0.2) is 0 Å². The van der Waals surface area contributed by atoms with E-state index in [-0.39, 0.29) is 13.2 Å². The molecule has 0 saturated carbocycles. The Morgan fingerprint density at radius 1 is 0.897 bits per heavy atom. The van der Waals surface area contributed by atoms with Gasteiger partial charge in [0.25, 0.3) is 0 Å². The molecule has 6 nitrogen and oxygen atoms in total. The molecule has 0 aliphatic rings. The zero-order valence-corrected chi connectivity index (χ0v) is 18.9. The van der Waals surface area contributed by atoms with Gasteiger partial charge in [0.2, 0.25) is 0 Å². The number of nitrogens with one attached hydrogen (secondary N) is 1. The first-order valence-electron chi connectivity index (χ1n) is 12.0. The highest BCUT2D eigenvalue weighted by Gasteiger charge is 2.17. The van der Waals surface area contributed by atoms with E-state index in [0.717, 1.165) is 19.3 Å². The van der Waals surface area contributed by atoms with Crippen LogP contribution in [-0.4, -0.2) is 54.6 Å². The Hall–Kier alpha value is -0.690. The van der Waals surface area contributed by atoms with Gasteiger partial charge in [-0.05, 0) is 25.8 Å². The molecule has 0 bridgehead atoms. The monoisotopic (exact) mass is 416 g/mol. The number of aliphatic carboxylic acids is 1. The predicted octanol–water partition coefficient (Wildman–Crippen LogP) is 4.24. The lowest BCUT2D eigenvalue weighted by molar-refractivity contribution is -0.139. The van der Waals surface area contributed by atoms with Gasteiger partial charge in [-0.2, -0.15) is 0 Å². The molecule has 0 amide bonds. The summed E-state index contributed by atoms with van der Waals surface area (Å²) in [5, 5.41) is 22.0. The van der Waals surface area contributed by atoms with Crippen molar-refractivity contribution in [3.63, 3.8) is 0 Å². The molecular weight excluding hydrogens is 368 g/mol. The summed E-state index contributed by atoms with van der Waals surface area (Å²) in [6.07, 6.45) is 17.2. The Labute approximate surface area is 179 Å². The Kier molecular flexibility index (Phi) is 21.5. The standard InChI is InChI=1S/C23H48N2O4/c1-2-3-4-5-6-7-8-9-10-11-12-15-18-29-20-21(26)19-25-22(23(27)28)16-13-14-17-24/h21-22,25-26H,2-20,24H2,1H3,(H,27,28). The fourth-order valence-electron chi connectivity index (χ4n) is 3.41. The van der Waals surface area contributed by atoms with Gasteiger partial charge in [0.05, 0.1) is 12.7 Å². The Morgan fingerprint density at radius 2 is 1.45 bits per heavy atom. The maximum Gasteiger partial charge on any atom is 0.320 e.